The zero-order valence-corrected chi connectivity index (χ0v) is 11.7. The van der Waals surface area contributed by atoms with Crippen molar-refractivity contribution in [1.82, 2.24) is 5.32 Å². The molecule has 1 aromatic rings. The van der Waals surface area contributed by atoms with E-state index in [4.69, 9.17) is 4.74 Å². The van der Waals surface area contributed by atoms with Crippen LogP contribution in [0, 0.1) is 0 Å². The zero-order chi connectivity index (χ0) is 12.9. The summed E-state index contributed by atoms with van der Waals surface area (Å²) in [4.78, 5) is 0. The lowest BCUT2D eigenvalue weighted by Crippen LogP contribution is -2.25. The molecule has 3 rings (SSSR count). The van der Waals surface area contributed by atoms with Gasteiger partial charge in [0.2, 0.25) is 0 Å². The Morgan fingerprint density at radius 2 is 2.00 bits per heavy atom. The van der Waals surface area contributed by atoms with Crippen LogP contribution in [-0.4, -0.2) is 19.3 Å². The average Bonchev–Trinajstić information content (AvgIpc) is 3.30. The van der Waals surface area contributed by atoms with Gasteiger partial charge < -0.3 is 10.1 Å². The van der Waals surface area contributed by atoms with E-state index in [1.165, 1.54) is 37.7 Å². The molecule has 1 aliphatic carbocycles. The van der Waals surface area contributed by atoms with Crippen LogP contribution < -0.4 is 5.32 Å². The van der Waals surface area contributed by atoms with Gasteiger partial charge in [0.1, 0.15) is 0 Å². The van der Waals surface area contributed by atoms with E-state index in [0.717, 1.165) is 32.0 Å². The molecule has 2 heteroatoms. The monoisotopic (exact) mass is 259 g/mol. The molecule has 104 valence electrons. The van der Waals surface area contributed by atoms with Crippen LogP contribution in [0.4, 0.5) is 0 Å². The van der Waals surface area contributed by atoms with Gasteiger partial charge in [-0.05, 0) is 62.1 Å². The van der Waals surface area contributed by atoms with E-state index in [1.807, 2.05) is 0 Å². The molecular weight excluding hydrogens is 234 g/mol. The Balaban J connectivity index is 1.42. The Labute approximate surface area is 116 Å². The highest BCUT2D eigenvalue weighted by Crippen LogP contribution is 2.41. The van der Waals surface area contributed by atoms with E-state index in [2.05, 4.69) is 29.6 Å². The van der Waals surface area contributed by atoms with Crippen molar-refractivity contribution < 1.29 is 4.74 Å². The van der Waals surface area contributed by atoms with Crippen LogP contribution in [0.5, 0.6) is 0 Å². The summed E-state index contributed by atoms with van der Waals surface area (Å²) >= 11 is 0. The highest BCUT2D eigenvalue weighted by molar-refractivity contribution is 5.33. The number of ether oxygens (including phenoxy) is 1. The minimum atomic E-state index is 0.500. The molecule has 0 spiro atoms. The van der Waals surface area contributed by atoms with Crippen LogP contribution in [0.25, 0.3) is 0 Å². The zero-order valence-electron chi connectivity index (χ0n) is 11.7. The summed E-state index contributed by atoms with van der Waals surface area (Å²) in [5, 5.41) is 3.59. The lowest BCUT2D eigenvalue weighted by atomic mass is 10.0. The van der Waals surface area contributed by atoms with E-state index >= 15 is 0 Å². The number of benzene rings is 1. The summed E-state index contributed by atoms with van der Waals surface area (Å²) in [5.74, 6) is 0.847. The van der Waals surface area contributed by atoms with Gasteiger partial charge in [0.15, 0.2) is 0 Å². The van der Waals surface area contributed by atoms with Crippen LogP contribution >= 0.6 is 0 Å². The third-order valence-corrected chi connectivity index (χ3v) is 4.30. The fraction of sp³-hybridized carbons (Fsp3) is 0.647. The molecule has 0 radical (unpaired) electrons. The third-order valence-electron chi connectivity index (χ3n) is 4.30. The van der Waals surface area contributed by atoms with Crippen LogP contribution in [0.15, 0.2) is 24.3 Å². The van der Waals surface area contributed by atoms with Gasteiger partial charge in [0.05, 0.1) is 6.10 Å². The second-order valence-electron chi connectivity index (χ2n) is 5.93. The molecule has 1 N–H and O–H groups in total. The van der Waals surface area contributed by atoms with Gasteiger partial charge in [-0.1, -0.05) is 24.3 Å². The maximum Gasteiger partial charge on any atom is 0.0587 e. The van der Waals surface area contributed by atoms with Crippen molar-refractivity contribution in [2.24, 2.45) is 0 Å². The smallest absolute Gasteiger partial charge is 0.0587 e. The topological polar surface area (TPSA) is 21.3 Å². The Morgan fingerprint density at radius 3 is 2.79 bits per heavy atom. The molecule has 1 aliphatic heterocycles. The molecule has 1 saturated heterocycles. The minimum Gasteiger partial charge on any atom is -0.378 e. The molecule has 1 heterocycles. The molecule has 1 atom stereocenters. The molecule has 2 nitrogen and oxygen atoms in total. The van der Waals surface area contributed by atoms with Gasteiger partial charge in [0, 0.05) is 13.2 Å². The molecular formula is C17H25NO. The van der Waals surface area contributed by atoms with E-state index < -0.39 is 0 Å². The van der Waals surface area contributed by atoms with Crippen molar-refractivity contribution in [3.63, 3.8) is 0 Å². The molecule has 1 saturated carbocycles. The number of hydrogen-bond donors (Lipinski definition) is 1. The second kappa shape index (κ2) is 6.53. The van der Waals surface area contributed by atoms with E-state index in [9.17, 15) is 0 Å². The highest BCUT2D eigenvalue weighted by Gasteiger charge is 2.25. The summed E-state index contributed by atoms with van der Waals surface area (Å²) in [6.45, 7) is 3.05. The van der Waals surface area contributed by atoms with Gasteiger partial charge in [-0.15, -0.1) is 0 Å². The molecule has 2 aliphatic rings. The molecule has 0 bridgehead atoms. The minimum absolute atomic E-state index is 0.500. The molecule has 0 amide bonds. The molecule has 1 aromatic carbocycles. The van der Waals surface area contributed by atoms with Crippen LogP contribution in [0.1, 0.15) is 55.6 Å². The number of hydrogen-bond acceptors (Lipinski definition) is 2. The summed E-state index contributed by atoms with van der Waals surface area (Å²) in [6.07, 6.45) is 8.26. The fourth-order valence-corrected chi connectivity index (χ4v) is 3.01. The summed E-state index contributed by atoms with van der Waals surface area (Å²) in [5.41, 5.74) is 3.07. The van der Waals surface area contributed by atoms with E-state index in [0.29, 0.717) is 6.10 Å². The van der Waals surface area contributed by atoms with Gasteiger partial charge in [-0.2, -0.15) is 0 Å². The molecule has 2 fully saturated rings. The van der Waals surface area contributed by atoms with Gasteiger partial charge in [0.25, 0.3) is 0 Å². The van der Waals surface area contributed by atoms with Crippen molar-refractivity contribution in [2.75, 3.05) is 13.2 Å². The molecule has 1 unspecified atom stereocenters. The summed E-state index contributed by atoms with van der Waals surface area (Å²) < 4.78 is 5.76. The van der Waals surface area contributed by atoms with Crippen molar-refractivity contribution >= 4 is 0 Å². The van der Waals surface area contributed by atoms with E-state index in [-0.39, 0.29) is 0 Å². The lowest BCUT2D eigenvalue weighted by molar-refractivity contribution is 0.0115. The van der Waals surface area contributed by atoms with Crippen LogP contribution in [0.3, 0.4) is 0 Å². The fourth-order valence-electron chi connectivity index (χ4n) is 3.01. The first-order valence-corrected chi connectivity index (χ1v) is 7.83. The maximum absolute atomic E-state index is 5.76. The van der Waals surface area contributed by atoms with E-state index in [1.54, 1.807) is 5.56 Å². The first kappa shape index (κ1) is 13.1. The standard InChI is InChI=1S/C17H25NO/c1-2-7-17(14-8-9-14)15(5-1)13-18-11-10-16-6-3-4-12-19-16/h1-2,5,7,14,16,18H,3-4,6,8-13H2. The quantitative estimate of drug-likeness (QED) is 0.788. The first-order valence-electron chi connectivity index (χ1n) is 7.83. The van der Waals surface area contributed by atoms with Gasteiger partial charge in [-0.3, -0.25) is 0 Å². The Morgan fingerprint density at radius 1 is 1.11 bits per heavy atom. The average molecular weight is 259 g/mol. The number of rotatable bonds is 6. The molecule has 19 heavy (non-hydrogen) atoms. The Kier molecular flexibility index (Phi) is 4.52. The lowest BCUT2D eigenvalue weighted by Gasteiger charge is -2.22. The third kappa shape index (κ3) is 3.80. The Hall–Kier alpha value is -0.860. The summed E-state index contributed by atoms with van der Waals surface area (Å²) in [6, 6.07) is 8.91. The van der Waals surface area contributed by atoms with Gasteiger partial charge in [-0.25, -0.2) is 0 Å². The van der Waals surface area contributed by atoms with Crippen LogP contribution in [-0.2, 0) is 11.3 Å². The van der Waals surface area contributed by atoms with Crippen molar-refractivity contribution in [3.8, 4) is 0 Å². The Bertz CT molecular complexity index is 394. The van der Waals surface area contributed by atoms with Gasteiger partial charge >= 0.3 is 0 Å². The first-order chi connectivity index (χ1) is 9.43. The second-order valence-corrected chi connectivity index (χ2v) is 5.93. The van der Waals surface area contributed by atoms with Crippen molar-refractivity contribution in [2.45, 2.75) is 57.1 Å². The maximum atomic E-state index is 5.76. The normalized spacial score (nSPS) is 23.5. The number of nitrogens with one attached hydrogen (secondary N) is 1. The van der Waals surface area contributed by atoms with Crippen molar-refractivity contribution in [1.29, 1.82) is 0 Å². The highest BCUT2D eigenvalue weighted by atomic mass is 16.5. The SMILES string of the molecule is c1ccc(C2CC2)c(CNCCC2CCCCO2)c1. The predicted octanol–water partition coefficient (Wildman–Crippen LogP) is 3.61. The van der Waals surface area contributed by atoms with Crippen LogP contribution in [0.2, 0.25) is 0 Å². The molecule has 0 aromatic heterocycles. The predicted molar refractivity (Wildman–Crippen MR) is 78.3 cm³/mol. The largest absolute Gasteiger partial charge is 0.378 e. The summed E-state index contributed by atoms with van der Waals surface area (Å²) in [7, 11) is 0. The van der Waals surface area contributed by atoms with Crippen molar-refractivity contribution in [3.05, 3.63) is 35.4 Å².